The van der Waals surface area contributed by atoms with Gasteiger partial charge in [0.1, 0.15) is 5.82 Å². The van der Waals surface area contributed by atoms with Gasteiger partial charge in [-0.2, -0.15) is 0 Å². The van der Waals surface area contributed by atoms with E-state index in [9.17, 15) is 14.0 Å². The van der Waals surface area contributed by atoms with Gasteiger partial charge in [-0.1, -0.05) is 25.1 Å². The monoisotopic (exact) mass is 473 g/mol. The molecule has 2 aliphatic rings. The zero-order valence-corrected chi connectivity index (χ0v) is 20.3. The van der Waals surface area contributed by atoms with Crippen molar-refractivity contribution in [1.82, 2.24) is 14.8 Å². The average Bonchev–Trinajstić information content (AvgIpc) is 2.89. The minimum Gasteiger partial charge on any atom is -0.342 e. The maximum Gasteiger partial charge on any atom is 0.253 e. The summed E-state index contributed by atoms with van der Waals surface area (Å²) in [5, 5.41) is 1.20. The standard InChI is InChI=1S/C29H32FN3O2/c1-29(13-17-32(18-14-29)27(34)22-9-11-24(30)12-10-22)28(35)33-16-4-5-21(20-33)19-23-6-2-8-26-25(23)7-3-15-31-26/h2-3,6-12,15,21H,4-5,13-14,16-20H2,1H3. The summed E-state index contributed by atoms with van der Waals surface area (Å²) in [7, 11) is 0. The Balaban J connectivity index is 1.21. The second-order valence-corrected chi connectivity index (χ2v) is 10.3. The van der Waals surface area contributed by atoms with Crippen molar-refractivity contribution < 1.29 is 14.0 Å². The van der Waals surface area contributed by atoms with Crippen molar-refractivity contribution >= 4 is 22.7 Å². The third-order valence-corrected chi connectivity index (χ3v) is 7.81. The number of carbonyl (C=O) groups excluding carboxylic acids is 2. The molecule has 0 N–H and O–H groups in total. The number of aromatic nitrogens is 1. The van der Waals surface area contributed by atoms with E-state index in [2.05, 4.69) is 35.0 Å². The molecule has 0 spiro atoms. The zero-order chi connectivity index (χ0) is 24.4. The van der Waals surface area contributed by atoms with Crippen molar-refractivity contribution in [3.63, 3.8) is 0 Å². The van der Waals surface area contributed by atoms with Crippen molar-refractivity contribution in [2.24, 2.45) is 11.3 Å². The molecule has 3 aromatic rings. The van der Waals surface area contributed by atoms with Crippen LogP contribution in [0.1, 0.15) is 48.5 Å². The number of piperidine rings is 2. The van der Waals surface area contributed by atoms with Crippen LogP contribution in [0.25, 0.3) is 10.9 Å². The second kappa shape index (κ2) is 9.76. The van der Waals surface area contributed by atoms with E-state index in [1.54, 1.807) is 4.90 Å². The third-order valence-electron chi connectivity index (χ3n) is 7.81. The number of carbonyl (C=O) groups is 2. The van der Waals surface area contributed by atoms with E-state index >= 15 is 0 Å². The summed E-state index contributed by atoms with van der Waals surface area (Å²) in [5.41, 5.74) is 2.35. The first kappa shape index (κ1) is 23.5. The molecule has 0 aliphatic carbocycles. The Morgan fingerprint density at radius 2 is 1.77 bits per heavy atom. The summed E-state index contributed by atoms with van der Waals surface area (Å²) >= 11 is 0. The number of hydrogen-bond donors (Lipinski definition) is 0. The topological polar surface area (TPSA) is 53.5 Å². The van der Waals surface area contributed by atoms with Gasteiger partial charge in [0, 0.05) is 48.7 Å². The molecule has 1 unspecified atom stereocenters. The van der Waals surface area contributed by atoms with Gasteiger partial charge >= 0.3 is 0 Å². The largest absolute Gasteiger partial charge is 0.342 e. The van der Waals surface area contributed by atoms with Crippen molar-refractivity contribution in [3.8, 4) is 0 Å². The highest BCUT2D eigenvalue weighted by Crippen LogP contribution is 2.35. The molecule has 5 rings (SSSR count). The Hall–Kier alpha value is -3.28. The summed E-state index contributed by atoms with van der Waals surface area (Å²) in [6.45, 7) is 4.72. The molecule has 182 valence electrons. The van der Waals surface area contributed by atoms with Gasteiger partial charge in [-0.05, 0) is 80.0 Å². The van der Waals surface area contributed by atoms with E-state index in [0.29, 0.717) is 37.4 Å². The van der Waals surface area contributed by atoms with Crippen molar-refractivity contribution in [1.29, 1.82) is 0 Å². The van der Waals surface area contributed by atoms with Crippen LogP contribution in [0.4, 0.5) is 4.39 Å². The highest BCUT2D eigenvalue weighted by Gasteiger charge is 2.41. The lowest BCUT2D eigenvalue weighted by atomic mass is 9.78. The van der Waals surface area contributed by atoms with Gasteiger partial charge in [-0.25, -0.2) is 4.39 Å². The maximum absolute atomic E-state index is 13.6. The Kier molecular flexibility index (Phi) is 6.54. The normalized spacial score (nSPS) is 20.1. The number of rotatable bonds is 4. The smallest absolute Gasteiger partial charge is 0.253 e. The SMILES string of the molecule is CC1(C(=O)N2CCCC(Cc3cccc4ncccc34)C2)CCN(C(=O)c2ccc(F)cc2)CC1. The third kappa shape index (κ3) is 4.93. The zero-order valence-electron chi connectivity index (χ0n) is 20.3. The van der Waals surface area contributed by atoms with E-state index in [1.165, 1.54) is 35.2 Å². The van der Waals surface area contributed by atoms with Gasteiger partial charge in [0.15, 0.2) is 0 Å². The van der Waals surface area contributed by atoms with Crippen LogP contribution in [0.5, 0.6) is 0 Å². The number of amides is 2. The quantitative estimate of drug-likeness (QED) is 0.530. The number of likely N-dealkylation sites (tertiary alicyclic amines) is 2. The number of hydrogen-bond acceptors (Lipinski definition) is 3. The molecule has 2 amide bonds. The predicted molar refractivity (Wildman–Crippen MR) is 134 cm³/mol. The molecule has 0 bridgehead atoms. The van der Waals surface area contributed by atoms with Gasteiger partial charge in [-0.3, -0.25) is 14.6 Å². The van der Waals surface area contributed by atoms with E-state index in [4.69, 9.17) is 0 Å². The number of halogens is 1. The van der Waals surface area contributed by atoms with Crippen LogP contribution >= 0.6 is 0 Å². The first-order chi connectivity index (χ1) is 16.9. The first-order valence-corrected chi connectivity index (χ1v) is 12.6. The highest BCUT2D eigenvalue weighted by atomic mass is 19.1. The molecule has 0 saturated carbocycles. The van der Waals surface area contributed by atoms with Crippen LogP contribution in [-0.4, -0.2) is 52.8 Å². The van der Waals surface area contributed by atoms with E-state index < -0.39 is 5.41 Å². The maximum atomic E-state index is 13.6. The number of benzene rings is 2. The molecule has 6 heteroatoms. The lowest BCUT2D eigenvalue weighted by Gasteiger charge is -2.43. The summed E-state index contributed by atoms with van der Waals surface area (Å²) in [6.07, 6.45) is 6.21. The van der Waals surface area contributed by atoms with Crippen LogP contribution in [0, 0.1) is 17.2 Å². The van der Waals surface area contributed by atoms with E-state index in [1.807, 2.05) is 18.3 Å². The molecule has 3 heterocycles. The van der Waals surface area contributed by atoms with Gasteiger partial charge in [0.2, 0.25) is 5.91 Å². The minimum absolute atomic E-state index is 0.0953. The average molecular weight is 474 g/mol. The molecule has 2 aliphatic heterocycles. The second-order valence-electron chi connectivity index (χ2n) is 10.3. The molecular weight excluding hydrogens is 441 g/mol. The fourth-order valence-corrected chi connectivity index (χ4v) is 5.65. The molecule has 2 saturated heterocycles. The summed E-state index contributed by atoms with van der Waals surface area (Å²) < 4.78 is 13.2. The lowest BCUT2D eigenvalue weighted by Crippen LogP contribution is -2.52. The molecule has 0 radical (unpaired) electrons. The van der Waals surface area contributed by atoms with Gasteiger partial charge in [0.05, 0.1) is 5.52 Å². The molecule has 2 fully saturated rings. The minimum atomic E-state index is -0.454. The molecule has 2 aromatic carbocycles. The van der Waals surface area contributed by atoms with Crippen molar-refractivity contribution in [2.45, 2.75) is 39.0 Å². The predicted octanol–water partition coefficient (Wildman–Crippen LogP) is 5.10. The Morgan fingerprint density at radius 3 is 2.54 bits per heavy atom. The highest BCUT2D eigenvalue weighted by molar-refractivity contribution is 5.94. The molecule has 5 nitrogen and oxygen atoms in total. The number of pyridine rings is 1. The van der Waals surface area contributed by atoms with Crippen LogP contribution in [-0.2, 0) is 11.2 Å². The fourth-order valence-electron chi connectivity index (χ4n) is 5.65. The van der Waals surface area contributed by atoms with E-state index in [-0.39, 0.29) is 17.6 Å². The van der Waals surface area contributed by atoms with Crippen LogP contribution in [0.15, 0.2) is 60.8 Å². The van der Waals surface area contributed by atoms with Crippen molar-refractivity contribution in [2.75, 3.05) is 26.2 Å². The molecule has 1 atom stereocenters. The Labute approximate surface area is 205 Å². The van der Waals surface area contributed by atoms with Crippen LogP contribution in [0.2, 0.25) is 0 Å². The molecular formula is C29H32FN3O2. The molecule has 1 aromatic heterocycles. The number of fused-ring (bicyclic) bond motifs is 1. The van der Waals surface area contributed by atoms with Gasteiger partial charge in [0.25, 0.3) is 5.91 Å². The summed E-state index contributed by atoms with van der Waals surface area (Å²) in [5.74, 6) is 0.204. The summed E-state index contributed by atoms with van der Waals surface area (Å²) in [6, 6.07) is 16.1. The van der Waals surface area contributed by atoms with Gasteiger partial charge < -0.3 is 9.80 Å². The van der Waals surface area contributed by atoms with E-state index in [0.717, 1.165) is 37.9 Å². The van der Waals surface area contributed by atoms with Crippen LogP contribution < -0.4 is 0 Å². The van der Waals surface area contributed by atoms with Gasteiger partial charge in [-0.15, -0.1) is 0 Å². The molecule has 35 heavy (non-hydrogen) atoms. The van der Waals surface area contributed by atoms with Crippen LogP contribution in [0.3, 0.4) is 0 Å². The number of nitrogens with zero attached hydrogens (tertiary/aromatic N) is 3. The Morgan fingerprint density at radius 1 is 1.00 bits per heavy atom. The first-order valence-electron chi connectivity index (χ1n) is 12.6. The van der Waals surface area contributed by atoms with Crippen molar-refractivity contribution in [3.05, 3.63) is 77.7 Å². The Bertz CT molecular complexity index is 1210. The lowest BCUT2D eigenvalue weighted by molar-refractivity contribution is -0.145. The fraction of sp³-hybridized carbons (Fsp3) is 0.414. The summed E-state index contributed by atoms with van der Waals surface area (Å²) in [4.78, 5) is 34.8.